The number of carboxylic acid groups (broad SMARTS) is 2. The van der Waals surface area contributed by atoms with Gasteiger partial charge in [0.25, 0.3) is 0 Å². The number of ether oxygens (including phenoxy) is 3. The van der Waals surface area contributed by atoms with Gasteiger partial charge in [-0.3, -0.25) is 19.2 Å². The summed E-state index contributed by atoms with van der Waals surface area (Å²) in [6, 6.07) is 0. The van der Waals surface area contributed by atoms with E-state index in [-0.39, 0.29) is 6.61 Å². The average molecular weight is 898 g/mol. The van der Waals surface area contributed by atoms with Crippen LogP contribution in [0.4, 0.5) is 0 Å². The summed E-state index contributed by atoms with van der Waals surface area (Å²) >= 11 is 3.47. The van der Waals surface area contributed by atoms with Crippen molar-refractivity contribution < 1.29 is 53.8 Å². The number of hydrogen-bond donors (Lipinski definition) is 4. The highest BCUT2D eigenvalue weighted by Crippen LogP contribution is 2.47. The highest BCUT2D eigenvalue weighted by molar-refractivity contribution is 14.2. The molecule has 1 fully saturated rings. The maximum atomic E-state index is 12.2. The summed E-state index contributed by atoms with van der Waals surface area (Å²) in [5.41, 5.74) is -2.90. The number of aliphatic hydroxyl groups excluding tert-OH is 2. The molecule has 4 radical (unpaired) electrons. The summed E-state index contributed by atoms with van der Waals surface area (Å²) in [4.78, 5) is 46.0. The van der Waals surface area contributed by atoms with Gasteiger partial charge in [-0.25, -0.2) is 0 Å². The SMILES string of the molecule is C=C(C)CC(C)(C)C.CCC(C)(C)C.[B]P(I)C(CC(=O)OCC(O)C1OCC(OC(=O)C(CC(=O)O)P([B])I)C1O)C(=O)O. The van der Waals surface area contributed by atoms with Crippen LogP contribution in [0.3, 0.4) is 0 Å². The van der Waals surface area contributed by atoms with Crippen molar-refractivity contribution in [3.05, 3.63) is 12.2 Å². The molecule has 0 aromatic heterocycles. The van der Waals surface area contributed by atoms with E-state index in [4.69, 9.17) is 39.6 Å². The van der Waals surface area contributed by atoms with Gasteiger partial charge in [0, 0.05) is 0 Å². The topological polar surface area (TPSA) is 177 Å². The molecule has 0 amide bonds. The fourth-order valence-corrected chi connectivity index (χ4v) is 7.10. The second-order valence-electron chi connectivity index (χ2n) is 13.0. The Morgan fingerprint density at radius 2 is 1.49 bits per heavy atom. The van der Waals surface area contributed by atoms with E-state index in [1.54, 1.807) is 44.1 Å². The lowest BCUT2D eigenvalue weighted by atomic mass is 9.89. The maximum Gasteiger partial charge on any atom is 0.314 e. The lowest BCUT2D eigenvalue weighted by Crippen LogP contribution is -2.43. The molecular formula is C28H48B2I2O11P2. The van der Waals surface area contributed by atoms with E-state index in [1.807, 2.05) is 0 Å². The van der Waals surface area contributed by atoms with E-state index in [9.17, 15) is 29.4 Å². The van der Waals surface area contributed by atoms with Crippen LogP contribution in [0.2, 0.25) is 0 Å². The smallest absolute Gasteiger partial charge is 0.314 e. The molecule has 0 aliphatic carbocycles. The summed E-state index contributed by atoms with van der Waals surface area (Å²) in [5.74, 6) is -4.28. The van der Waals surface area contributed by atoms with Crippen LogP contribution in [0.5, 0.6) is 0 Å². The highest BCUT2D eigenvalue weighted by atomic mass is 127. The standard InChI is InChI=1S/C14H18B2I2O11P2.C8H16.C6H14/c15-30(17)7(13(24)25)2-10(22)27-3-5(19)12-11(23)6(4-28-12)29-14(26)8(31(16)18)1-9(20)21;1-7(2)6-8(3,4)5;1-5-6(2,3)4/h5-8,11-12,19,23H,1-4H2,(H,20,21)(H,24,25);1,6H2,2-5H3;5H2,1-4H3. The first-order valence-corrected chi connectivity index (χ1v) is 22.7. The summed E-state index contributed by atoms with van der Waals surface area (Å²) in [6.07, 6.45) is -4.01. The number of esters is 2. The van der Waals surface area contributed by atoms with E-state index in [0.29, 0.717) is 10.8 Å². The minimum absolute atomic E-state index is 0.278. The van der Waals surface area contributed by atoms with Gasteiger partial charge in [-0.2, -0.15) is 0 Å². The average Bonchev–Trinajstić information content (AvgIpc) is 3.22. The molecule has 11 nitrogen and oxygen atoms in total. The zero-order valence-electron chi connectivity index (χ0n) is 27.4. The van der Waals surface area contributed by atoms with Gasteiger partial charge in [-0.1, -0.05) is 115 Å². The van der Waals surface area contributed by atoms with Gasteiger partial charge in [0.05, 0.1) is 30.8 Å². The van der Waals surface area contributed by atoms with Crippen molar-refractivity contribution in [2.24, 2.45) is 10.8 Å². The third kappa shape index (κ3) is 23.0. The van der Waals surface area contributed by atoms with Crippen molar-refractivity contribution in [2.45, 2.75) is 117 Å². The van der Waals surface area contributed by atoms with Gasteiger partial charge in [0.2, 0.25) is 0 Å². The summed E-state index contributed by atoms with van der Waals surface area (Å²) in [7, 11) is 11.2. The molecule has 1 rings (SSSR count). The molecule has 0 spiro atoms. The molecule has 0 aromatic carbocycles. The molecule has 0 saturated carbocycles. The summed E-state index contributed by atoms with van der Waals surface area (Å²) in [5, 5.41) is 38.4. The molecule has 8 atom stereocenters. The van der Waals surface area contributed by atoms with Gasteiger partial charge in [0.1, 0.15) is 40.1 Å². The second-order valence-corrected chi connectivity index (χ2v) is 22.3. The van der Waals surface area contributed by atoms with Crippen LogP contribution >= 0.6 is 55.0 Å². The predicted octanol–water partition coefficient (Wildman–Crippen LogP) is 5.52. The fraction of sp³-hybridized carbons (Fsp3) is 0.786. The number of halogens is 2. The van der Waals surface area contributed by atoms with E-state index in [0.717, 1.165) is 6.42 Å². The molecule has 1 aliphatic heterocycles. The van der Waals surface area contributed by atoms with Crippen molar-refractivity contribution in [2.75, 3.05) is 13.2 Å². The first kappa shape index (κ1) is 47.1. The third-order valence-corrected chi connectivity index (χ3v) is 12.0. The Morgan fingerprint density at radius 1 is 1.00 bits per heavy atom. The van der Waals surface area contributed by atoms with Crippen LogP contribution in [-0.4, -0.2) is 108 Å². The number of aliphatic carboxylic acids is 2. The normalized spacial score (nSPS) is 21.3. The molecule has 1 aliphatic rings. The summed E-state index contributed by atoms with van der Waals surface area (Å²) in [6.45, 7) is 20.6. The quantitative estimate of drug-likeness (QED) is 0.0602. The van der Waals surface area contributed by atoms with Gasteiger partial charge in [0.15, 0.2) is 6.10 Å². The Hall–Kier alpha value is -0.0501. The number of aliphatic hydroxyl groups is 2. The molecule has 1 saturated heterocycles. The molecule has 8 unspecified atom stereocenters. The van der Waals surface area contributed by atoms with E-state index in [2.05, 4.69) is 62.0 Å². The number of rotatable bonds is 13. The molecular weight excluding hydrogens is 850 g/mol. The Kier molecular flexibility index (Phi) is 23.6. The van der Waals surface area contributed by atoms with Gasteiger partial charge < -0.3 is 34.6 Å². The van der Waals surface area contributed by atoms with Crippen molar-refractivity contribution in [3.8, 4) is 0 Å². The van der Waals surface area contributed by atoms with E-state index >= 15 is 0 Å². The summed E-state index contributed by atoms with van der Waals surface area (Å²) < 4.78 is 15.2. The first-order valence-electron chi connectivity index (χ1n) is 14.1. The predicted molar refractivity (Wildman–Crippen MR) is 197 cm³/mol. The van der Waals surface area contributed by atoms with Crippen LogP contribution < -0.4 is 0 Å². The van der Waals surface area contributed by atoms with Crippen molar-refractivity contribution in [3.63, 3.8) is 0 Å². The Labute approximate surface area is 299 Å². The highest BCUT2D eigenvalue weighted by Gasteiger charge is 2.44. The zero-order chi connectivity index (χ0) is 35.9. The zero-order valence-corrected chi connectivity index (χ0v) is 33.5. The number of carboxylic acids is 2. The van der Waals surface area contributed by atoms with Gasteiger partial charge in [-0.15, -0.1) is 6.58 Å². The van der Waals surface area contributed by atoms with Gasteiger partial charge >= 0.3 is 23.9 Å². The molecule has 256 valence electrons. The minimum Gasteiger partial charge on any atom is -0.481 e. The first-order chi connectivity index (χ1) is 20.3. The van der Waals surface area contributed by atoms with Crippen molar-refractivity contribution in [1.29, 1.82) is 0 Å². The van der Waals surface area contributed by atoms with Crippen LogP contribution in [0.1, 0.15) is 81.1 Å². The van der Waals surface area contributed by atoms with Crippen LogP contribution in [0.15, 0.2) is 12.2 Å². The largest absolute Gasteiger partial charge is 0.481 e. The molecule has 17 heteroatoms. The molecule has 0 bridgehead atoms. The van der Waals surface area contributed by atoms with Gasteiger partial charge in [-0.05, 0) is 24.2 Å². The number of hydrogen-bond acceptors (Lipinski definition) is 9. The Bertz CT molecular complexity index is 960. The van der Waals surface area contributed by atoms with Crippen LogP contribution in [-0.2, 0) is 33.4 Å². The fourth-order valence-electron chi connectivity index (χ4n) is 3.40. The van der Waals surface area contributed by atoms with Crippen LogP contribution in [0.25, 0.3) is 0 Å². The minimum atomic E-state index is -1.49. The van der Waals surface area contributed by atoms with Crippen molar-refractivity contribution >= 4 is 94.0 Å². The van der Waals surface area contributed by atoms with E-state index < -0.39 is 89.9 Å². The number of allylic oxidation sites excluding steroid dienone is 1. The molecule has 4 N–H and O–H groups in total. The lowest BCUT2D eigenvalue weighted by molar-refractivity contribution is -0.156. The number of carbonyl (C=O) groups excluding carboxylic acids is 2. The second kappa shape index (κ2) is 22.6. The molecule has 45 heavy (non-hydrogen) atoms. The Balaban J connectivity index is 0. The van der Waals surface area contributed by atoms with Crippen LogP contribution in [0, 0.1) is 10.8 Å². The lowest BCUT2D eigenvalue weighted by Gasteiger charge is -2.24. The Morgan fingerprint density at radius 3 is 1.82 bits per heavy atom. The molecule has 1 heterocycles. The monoisotopic (exact) mass is 898 g/mol. The number of carbonyl (C=O) groups is 4. The van der Waals surface area contributed by atoms with Crippen molar-refractivity contribution in [1.82, 2.24) is 0 Å². The van der Waals surface area contributed by atoms with E-state index in [1.165, 1.54) is 12.0 Å². The third-order valence-electron chi connectivity index (χ3n) is 6.01. The maximum absolute atomic E-state index is 12.2. The molecule has 0 aromatic rings.